The second kappa shape index (κ2) is 8.07. The number of carboxylic acid groups (broad SMARTS) is 1. The normalized spacial score (nSPS) is 11.8. The Morgan fingerprint density at radius 3 is 2.24 bits per heavy atom. The Morgan fingerprint density at radius 1 is 1.00 bits per heavy atom. The number of nitrogens with two attached hydrogens (primary N) is 1. The van der Waals surface area contributed by atoms with Gasteiger partial charge in [0.2, 0.25) is 0 Å². The molecule has 0 bridgehead atoms. The average Bonchev–Trinajstić information content (AvgIpc) is 2.54. The summed E-state index contributed by atoms with van der Waals surface area (Å²) < 4.78 is 0. The Bertz CT molecular complexity index is 907. The van der Waals surface area contributed by atoms with Gasteiger partial charge in [-0.2, -0.15) is 0 Å². The molecule has 0 saturated carbocycles. The van der Waals surface area contributed by atoms with Crippen LogP contribution >= 0.6 is 35.6 Å². The van der Waals surface area contributed by atoms with Gasteiger partial charge in [0.1, 0.15) is 6.04 Å². The van der Waals surface area contributed by atoms with Crippen molar-refractivity contribution in [2.45, 2.75) is 12.5 Å². The lowest BCUT2D eigenvalue weighted by Gasteiger charge is -2.10. The number of hydrogen-bond acceptors (Lipinski definition) is 2. The molecule has 0 saturated heterocycles. The van der Waals surface area contributed by atoms with E-state index in [1.165, 1.54) is 0 Å². The molecule has 3 rings (SSSR count). The molecular formula is C19H16Cl3NO2. The van der Waals surface area contributed by atoms with Crippen LogP contribution in [0.3, 0.4) is 0 Å². The Labute approximate surface area is 161 Å². The van der Waals surface area contributed by atoms with Crippen LogP contribution in [-0.2, 0) is 11.2 Å². The number of carboxylic acids is 1. The van der Waals surface area contributed by atoms with Gasteiger partial charge in [0.25, 0.3) is 0 Å². The smallest absolute Gasteiger partial charge is 0.320 e. The number of hydrogen-bond donors (Lipinski definition) is 2. The van der Waals surface area contributed by atoms with Crippen LogP contribution in [-0.4, -0.2) is 17.1 Å². The summed E-state index contributed by atoms with van der Waals surface area (Å²) in [5.41, 5.74) is 8.23. The minimum atomic E-state index is -1.00. The molecule has 6 heteroatoms. The molecule has 0 aliphatic carbocycles. The van der Waals surface area contributed by atoms with Gasteiger partial charge in [-0.3, -0.25) is 4.79 Å². The van der Waals surface area contributed by atoms with E-state index in [4.69, 9.17) is 34.0 Å². The third-order valence-corrected chi connectivity index (χ3v) is 4.56. The molecule has 3 aromatic carbocycles. The van der Waals surface area contributed by atoms with E-state index in [9.17, 15) is 4.79 Å². The van der Waals surface area contributed by atoms with Crippen LogP contribution in [0.15, 0.2) is 54.6 Å². The van der Waals surface area contributed by atoms with Crippen LogP contribution in [0.1, 0.15) is 5.56 Å². The molecule has 1 unspecified atom stereocenters. The molecule has 3 nitrogen and oxygen atoms in total. The lowest BCUT2D eigenvalue weighted by atomic mass is 9.98. The van der Waals surface area contributed by atoms with Gasteiger partial charge in [-0.1, -0.05) is 59.6 Å². The number of fused-ring (bicyclic) bond motifs is 1. The van der Waals surface area contributed by atoms with Crippen molar-refractivity contribution >= 4 is 52.4 Å². The van der Waals surface area contributed by atoms with E-state index in [1.807, 2.05) is 54.6 Å². The van der Waals surface area contributed by atoms with Gasteiger partial charge >= 0.3 is 5.97 Å². The first-order chi connectivity index (χ1) is 11.5. The monoisotopic (exact) mass is 395 g/mol. The fraction of sp³-hybridized carbons (Fsp3) is 0.105. The number of aliphatic carboxylic acids is 1. The van der Waals surface area contributed by atoms with E-state index in [1.54, 1.807) is 0 Å². The predicted molar refractivity (Wildman–Crippen MR) is 106 cm³/mol. The van der Waals surface area contributed by atoms with Crippen molar-refractivity contribution in [3.05, 3.63) is 70.2 Å². The van der Waals surface area contributed by atoms with Crippen molar-refractivity contribution in [3.8, 4) is 11.1 Å². The second-order valence-electron chi connectivity index (χ2n) is 5.64. The van der Waals surface area contributed by atoms with E-state index in [0.29, 0.717) is 16.5 Å². The maximum atomic E-state index is 10.9. The van der Waals surface area contributed by atoms with Gasteiger partial charge in [-0.25, -0.2) is 0 Å². The van der Waals surface area contributed by atoms with E-state index >= 15 is 0 Å². The van der Waals surface area contributed by atoms with Crippen LogP contribution < -0.4 is 5.73 Å². The first-order valence-corrected chi connectivity index (χ1v) is 8.17. The summed E-state index contributed by atoms with van der Waals surface area (Å²) in [6, 6.07) is 16.3. The van der Waals surface area contributed by atoms with Crippen molar-refractivity contribution in [3.63, 3.8) is 0 Å². The number of halogens is 3. The van der Waals surface area contributed by atoms with Gasteiger partial charge in [0, 0.05) is 15.6 Å². The summed E-state index contributed by atoms with van der Waals surface area (Å²) in [4.78, 5) is 10.9. The van der Waals surface area contributed by atoms with Crippen molar-refractivity contribution in [1.82, 2.24) is 0 Å². The van der Waals surface area contributed by atoms with Crippen molar-refractivity contribution in [2.75, 3.05) is 0 Å². The minimum Gasteiger partial charge on any atom is -0.480 e. The quantitative estimate of drug-likeness (QED) is 0.638. The zero-order chi connectivity index (χ0) is 17.3. The SMILES string of the molecule is Cl.NC(Cc1ccc2cc(-c3c(Cl)cccc3Cl)ccc2c1)C(=O)O. The third kappa shape index (κ3) is 4.25. The van der Waals surface area contributed by atoms with E-state index in [0.717, 1.165) is 27.5 Å². The van der Waals surface area contributed by atoms with Crippen LogP contribution in [0.4, 0.5) is 0 Å². The summed E-state index contributed by atoms with van der Waals surface area (Å²) in [5.74, 6) is -1.00. The zero-order valence-corrected chi connectivity index (χ0v) is 15.4. The number of benzene rings is 3. The number of carbonyl (C=O) groups is 1. The molecular weight excluding hydrogens is 381 g/mol. The summed E-state index contributed by atoms with van der Waals surface area (Å²) in [7, 11) is 0. The summed E-state index contributed by atoms with van der Waals surface area (Å²) in [5, 5.41) is 12.2. The molecule has 0 spiro atoms. The van der Waals surface area contributed by atoms with Crippen molar-refractivity contribution < 1.29 is 9.90 Å². The topological polar surface area (TPSA) is 63.3 Å². The molecule has 25 heavy (non-hydrogen) atoms. The first-order valence-electron chi connectivity index (χ1n) is 7.41. The van der Waals surface area contributed by atoms with Gasteiger partial charge in [-0.15, -0.1) is 12.4 Å². The lowest BCUT2D eigenvalue weighted by molar-refractivity contribution is -0.138. The lowest BCUT2D eigenvalue weighted by Crippen LogP contribution is -2.32. The number of rotatable bonds is 4. The standard InChI is InChI=1S/C19H15Cl2NO2.ClH/c20-15-2-1-3-16(21)18(15)14-7-6-12-8-11(4-5-13(12)10-14)9-17(22)19(23)24;/h1-8,10,17H,9,22H2,(H,23,24);1H. The van der Waals surface area contributed by atoms with E-state index in [-0.39, 0.29) is 12.4 Å². The molecule has 0 aliphatic heterocycles. The first kappa shape index (κ1) is 19.5. The van der Waals surface area contributed by atoms with E-state index < -0.39 is 12.0 Å². The maximum Gasteiger partial charge on any atom is 0.320 e. The molecule has 3 N–H and O–H groups in total. The summed E-state index contributed by atoms with van der Waals surface area (Å²) >= 11 is 12.5. The van der Waals surface area contributed by atoms with Gasteiger partial charge < -0.3 is 10.8 Å². The molecule has 0 fully saturated rings. The molecule has 0 aliphatic rings. The van der Waals surface area contributed by atoms with Crippen LogP contribution in [0.2, 0.25) is 10.0 Å². The van der Waals surface area contributed by atoms with Gasteiger partial charge in [-0.05, 0) is 46.5 Å². The predicted octanol–water partition coefficient (Wildman–Crippen LogP) is 5.19. The van der Waals surface area contributed by atoms with Crippen molar-refractivity contribution in [2.24, 2.45) is 5.73 Å². The molecule has 0 aromatic heterocycles. The van der Waals surface area contributed by atoms with Crippen LogP contribution in [0, 0.1) is 0 Å². The molecule has 130 valence electrons. The summed E-state index contributed by atoms with van der Waals surface area (Å²) in [6.45, 7) is 0. The highest BCUT2D eigenvalue weighted by Crippen LogP contribution is 2.36. The van der Waals surface area contributed by atoms with E-state index in [2.05, 4.69) is 0 Å². The largest absolute Gasteiger partial charge is 0.480 e. The van der Waals surface area contributed by atoms with Gasteiger partial charge in [0.05, 0.1) is 0 Å². The maximum absolute atomic E-state index is 10.9. The Kier molecular flexibility index (Phi) is 6.31. The average molecular weight is 397 g/mol. The summed E-state index contributed by atoms with van der Waals surface area (Å²) in [6.07, 6.45) is 0.295. The highest BCUT2D eigenvalue weighted by Gasteiger charge is 2.13. The fourth-order valence-electron chi connectivity index (χ4n) is 2.69. The molecule has 3 aromatic rings. The Hall–Kier alpha value is -1.78. The zero-order valence-electron chi connectivity index (χ0n) is 13.1. The Balaban J connectivity index is 0.00000225. The van der Waals surface area contributed by atoms with Crippen LogP contribution in [0.5, 0.6) is 0 Å². The highest BCUT2D eigenvalue weighted by atomic mass is 35.5. The molecule has 1 atom stereocenters. The van der Waals surface area contributed by atoms with Crippen molar-refractivity contribution in [1.29, 1.82) is 0 Å². The second-order valence-corrected chi connectivity index (χ2v) is 6.46. The fourth-order valence-corrected chi connectivity index (χ4v) is 3.31. The highest BCUT2D eigenvalue weighted by molar-refractivity contribution is 6.39. The molecule has 0 amide bonds. The van der Waals surface area contributed by atoms with Crippen LogP contribution in [0.25, 0.3) is 21.9 Å². The van der Waals surface area contributed by atoms with Gasteiger partial charge in [0.15, 0.2) is 0 Å². The third-order valence-electron chi connectivity index (χ3n) is 3.93. The molecule has 0 heterocycles. The molecule has 0 radical (unpaired) electrons. The minimum absolute atomic E-state index is 0. The Morgan fingerprint density at radius 2 is 1.60 bits per heavy atom.